The Kier molecular flexibility index (Phi) is 6.94. The summed E-state index contributed by atoms with van der Waals surface area (Å²) in [5.74, 6) is 2.02. The Labute approximate surface area is 109 Å². The number of methoxy groups -OCH3 is 1. The van der Waals surface area contributed by atoms with Gasteiger partial charge in [-0.2, -0.15) is 0 Å². The molecule has 0 aromatic heterocycles. The molecule has 3 heteroatoms. The van der Waals surface area contributed by atoms with E-state index in [0.717, 1.165) is 22.1 Å². The molecule has 0 aliphatic heterocycles. The standard InChI is InChI=1S/C14H23NOS/c1-3-4-5-6-7-10-17-14-11-12(16-2)8-9-13(14)15/h8-9,11H,3-7,10,15H2,1-2H3. The molecule has 2 N–H and O–H groups in total. The lowest BCUT2D eigenvalue weighted by atomic mass is 10.2. The molecular weight excluding hydrogens is 230 g/mol. The average molecular weight is 253 g/mol. The first-order valence-corrected chi connectivity index (χ1v) is 7.32. The number of anilines is 1. The largest absolute Gasteiger partial charge is 0.497 e. The first-order valence-electron chi connectivity index (χ1n) is 6.34. The lowest BCUT2D eigenvalue weighted by Crippen LogP contribution is -1.91. The summed E-state index contributed by atoms with van der Waals surface area (Å²) in [5, 5.41) is 0. The van der Waals surface area contributed by atoms with E-state index in [4.69, 9.17) is 10.5 Å². The van der Waals surface area contributed by atoms with Gasteiger partial charge in [-0.15, -0.1) is 11.8 Å². The van der Waals surface area contributed by atoms with Gasteiger partial charge in [0.15, 0.2) is 0 Å². The second kappa shape index (κ2) is 8.29. The Morgan fingerprint density at radius 2 is 1.94 bits per heavy atom. The molecule has 0 bridgehead atoms. The monoisotopic (exact) mass is 253 g/mol. The van der Waals surface area contributed by atoms with Crippen molar-refractivity contribution in [3.63, 3.8) is 0 Å². The highest BCUT2D eigenvalue weighted by atomic mass is 32.2. The predicted molar refractivity (Wildman–Crippen MR) is 76.9 cm³/mol. The Hall–Kier alpha value is -0.830. The summed E-state index contributed by atoms with van der Waals surface area (Å²) < 4.78 is 5.20. The zero-order valence-electron chi connectivity index (χ0n) is 10.9. The third-order valence-electron chi connectivity index (χ3n) is 2.73. The van der Waals surface area contributed by atoms with Crippen LogP contribution in [0.2, 0.25) is 0 Å². The second-order valence-corrected chi connectivity index (χ2v) is 5.30. The SMILES string of the molecule is CCCCCCCSc1cc(OC)ccc1N. The van der Waals surface area contributed by atoms with E-state index >= 15 is 0 Å². The van der Waals surface area contributed by atoms with Crippen molar-refractivity contribution in [2.75, 3.05) is 18.6 Å². The van der Waals surface area contributed by atoms with Gasteiger partial charge in [0.2, 0.25) is 0 Å². The summed E-state index contributed by atoms with van der Waals surface area (Å²) in [4.78, 5) is 1.14. The van der Waals surface area contributed by atoms with Gasteiger partial charge in [0.1, 0.15) is 5.75 Å². The molecule has 0 aliphatic rings. The Morgan fingerprint density at radius 1 is 1.18 bits per heavy atom. The molecule has 1 rings (SSSR count). The summed E-state index contributed by atoms with van der Waals surface area (Å²) in [6.45, 7) is 2.24. The summed E-state index contributed by atoms with van der Waals surface area (Å²) in [7, 11) is 1.69. The molecule has 0 radical (unpaired) electrons. The smallest absolute Gasteiger partial charge is 0.120 e. The zero-order valence-corrected chi connectivity index (χ0v) is 11.7. The number of hydrogen-bond donors (Lipinski definition) is 1. The molecule has 1 aromatic carbocycles. The highest BCUT2D eigenvalue weighted by Gasteiger charge is 2.02. The quantitative estimate of drug-likeness (QED) is 0.425. The molecule has 2 nitrogen and oxygen atoms in total. The predicted octanol–water partition coefficient (Wildman–Crippen LogP) is 4.34. The summed E-state index contributed by atoms with van der Waals surface area (Å²) in [6, 6.07) is 5.84. The zero-order chi connectivity index (χ0) is 12.5. The van der Waals surface area contributed by atoms with Gasteiger partial charge in [-0.05, 0) is 30.4 Å². The highest BCUT2D eigenvalue weighted by molar-refractivity contribution is 7.99. The maximum atomic E-state index is 5.93. The Bertz CT molecular complexity index is 328. The van der Waals surface area contributed by atoms with Gasteiger partial charge in [0, 0.05) is 10.6 Å². The number of thioether (sulfide) groups is 1. The minimum Gasteiger partial charge on any atom is -0.497 e. The number of nitrogens with two attached hydrogens (primary N) is 1. The van der Waals surface area contributed by atoms with Crippen molar-refractivity contribution in [3.05, 3.63) is 18.2 Å². The van der Waals surface area contributed by atoms with Crippen molar-refractivity contribution in [1.82, 2.24) is 0 Å². The summed E-state index contributed by atoms with van der Waals surface area (Å²) in [5.41, 5.74) is 6.78. The van der Waals surface area contributed by atoms with Crippen LogP contribution in [0.15, 0.2) is 23.1 Å². The van der Waals surface area contributed by atoms with Gasteiger partial charge < -0.3 is 10.5 Å². The lowest BCUT2D eigenvalue weighted by molar-refractivity contribution is 0.414. The third kappa shape index (κ3) is 5.35. The molecular formula is C14H23NOS. The number of unbranched alkanes of at least 4 members (excludes halogenated alkanes) is 4. The van der Waals surface area contributed by atoms with Crippen LogP contribution in [0.3, 0.4) is 0 Å². The van der Waals surface area contributed by atoms with Crippen molar-refractivity contribution in [1.29, 1.82) is 0 Å². The topological polar surface area (TPSA) is 35.2 Å². The molecule has 0 saturated heterocycles. The molecule has 96 valence electrons. The molecule has 0 spiro atoms. The number of rotatable bonds is 8. The van der Waals surface area contributed by atoms with Gasteiger partial charge in [-0.1, -0.05) is 32.6 Å². The molecule has 0 fully saturated rings. The summed E-state index contributed by atoms with van der Waals surface area (Å²) >= 11 is 1.83. The van der Waals surface area contributed by atoms with Crippen LogP contribution in [-0.4, -0.2) is 12.9 Å². The van der Waals surface area contributed by atoms with Crippen LogP contribution in [0, 0.1) is 0 Å². The van der Waals surface area contributed by atoms with Crippen molar-refractivity contribution in [2.45, 2.75) is 43.9 Å². The van der Waals surface area contributed by atoms with E-state index in [9.17, 15) is 0 Å². The normalized spacial score (nSPS) is 10.5. The van der Waals surface area contributed by atoms with Crippen molar-refractivity contribution < 1.29 is 4.74 Å². The Balaban J connectivity index is 2.30. The molecule has 0 amide bonds. The van der Waals surface area contributed by atoms with Gasteiger partial charge in [-0.3, -0.25) is 0 Å². The fraction of sp³-hybridized carbons (Fsp3) is 0.571. The molecule has 17 heavy (non-hydrogen) atoms. The summed E-state index contributed by atoms with van der Waals surface area (Å²) in [6.07, 6.45) is 6.60. The van der Waals surface area contributed by atoms with E-state index in [1.54, 1.807) is 7.11 Å². The number of benzene rings is 1. The van der Waals surface area contributed by atoms with Crippen LogP contribution >= 0.6 is 11.8 Å². The van der Waals surface area contributed by atoms with Crippen molar-refractivity contribution in [3.8, 4) is 5.75 Å². The maximum absolute atomic E-state index is 5.93. The average Bonchev–Trinajstić information content (AvgIpc) is 2.35. The molecule has 0 atom stereocenters. The third-order valence-corrected chi connectivity index (χ3v) is 3.88. The number of nitrogen functional groups attached to an aromatic ring is 1. The number of ether oxygens (including phenoxy) is 1. The minimum atomic E-state index is 0.851. The van der Waals surface area contributed by atoms with Crippen LogP contribution in [0.1, 0.15) is 39.0 Å². The molecule has 0 saturated carbocycles. The van der Waals surface area contributed by atoms with E-state index in [-0.39, 0.29) is 0 Å². The molecule has 0 heterocycles. The van der Waals surface area contributed by atoms with Crippen LogP contribution < -0.4 is 10.5 Å². The van der Waals surface area contributed by atoms with Gasteiger partial charge in [0.05, 0.1) is 7.11 Å². The molecule has 1 aromatic rings. The van der Waals surface area contributed by atoms with Gasteiger partial charge in [-0.25, -0.2) is 0 Å². The van der Waals surface area contributed by atoms with E-state index < -0.39 is 0 Å². The van der Waals surface area contributed by atoms with Crippen LogP contribution in [-0.2, 0) is 0 Å². The van der Waals surface area contributed by atoms with E-state index in [1.165, 1.54) is 32.1 Å². The fourth-order valence-corrected chi connectivity index (χ4v) is 2.66. The second-order valence-electron chi connectivity index (χ2n) is 4.17. The van der Waals surface area contributed by atoms with Crippen LogP contribution in [0.25, 0.3) is 0 Å². The minimum absolute atomic E-state index is 0.851. The van der Waals surface area contributed by atoms with Crippen molar-refractivity contribution in [2.24, 2.45) is 0 Å². The Morgan fingerprint density at radius 3 is 2.65 bits per heavy atom. The van der Waals surface area contributed by atoms with Crippen LogP contribution in [0.4, 0.5) is 5.69 Å². The molecule has 0 aliphatic carbocycles. The lowest BCUT2D eigenvalue weighted by Gasteiger charge is -2.07. The molecule has 0 unspecified atom stereocenters. The van der Waals surface area contributed by atoms with Gasteiger partial charge >= 0.3 is 0 Å². The maximum Gasteiger partial charge on any atom is 0.120 e. The van der Waals surface area contributed by atoms with E-state index in [1.807, 2.05) is 30.0 Å². The first-order chi connectivity index (χ1) is 8.27. The van der Waals surface area contributed by atoms with E-state index in [0.29, 0.717) is 0 Å². The fourth-order valence-electron chi connectivity index (χ4n) is 1.65. The van der Waals surface area contributed by atoms with E-state index in [2.05, 4.69) is 6.92 Å². The van der Waals surface area contributed by atoms with Crippen LogP contribution in [0.5, 0.6) is 5.75 Å². The number of hydrogen-bond acceptors (Lipinski definition) is 3. The van der Waals surface area contributed by atoms with Gasteiger partial charge in [0.25, 0.3) is 0 Å². The highest BCUT2D eigenvalue weighted by Crippen LogP contribution is 2.29. The first kappa shape index (κ1) is 14.2. The van der Waals surface area contributed by atoms with Crippen molar-refractivity contribution >= 4 is 17.4 Å².